The summed E-state index contributed by atoms with van der Waals surface area (Å²) in [6.07, 6.45) is 2.19. The number of carbonyl (C=O) groups excluding carboxylic acids is 2. The second-order valence-corrected chi connectivity index (χ2v) is 8.78. The van der Waals surface area contributed by atoms with E-state index in [0.29, 0.717) is 19.3 Å². The van der Waals surface area contributed by atoms with Crippen LogP contribution < -0.4 is 10.0 Å². The molecule has 2 aliphatic carbocycles. The van der Waals surface area contributed by atoms with E-state index in [9.17, 15) is 18.0 Å². The van der Waals surface area contributed by atoms with Gasteiger partial charge in [0.2, 0.25) is 10.0 Å². The molecule has 2 rings (SSSR count). The fourth-order valence-electron chi connectivity index (χ4n) is 2.20. The Morgan fingerprint density at radius 3 is 2.32 bits per heavy atom. The van der Waals surface area contributed by atoms with Gasteiger partial charge in [0.1, 0.15) is 11.1 Å². The lowest BCUT2D eigenvalue weighted by Crippen LogP contribution is -2.53. The lowest BCUT2D eigenvalue weighted by Gasteiger charge is -2.23. The molecule has 2 N–H and O–H groups in total. The van der Waals surface area contributed by atoms with E-state index in [1.54, 1.807) is 20.8 Å². The monoisotopic (exact) mass is 330 g/mol. The minimum absolute atomic E-state index is 0.307. The summed E-state index contributed by atoms with van der Waals surface area (Å²) in [5, 5.41) is 1.99. The van der Waals surface area contributed by atoms with Crippen molar-refractivity contribution in [1.29, 1.82) is 0 Å². The summed E-state index contributed by atoms with van der Waals surface area (Å²) in [6.45, 7) is 8.71. The summed E-state index contributed by atoms with van der Waals surface area (Å²) in [7, 11) is -3.66. The molecule has 0 aromatic heterocycles. The minimum atomic E-state index is -3.66. The Balaban J connectivity index is 2.07. The van der Waals surface area contributed by atoms with Crippen LogP contribution in [0.25, 0.3) is 0 Å². The molecule has 0 aliphatic heterocycles. The van der Waals surface area contributed by atoms with Crippen molar-refractivity contribution in [1.82, 2.24) is 10.0 Å². The van der Waals surface area contributed by atoms with Crippen molar-refractivity contribution < 1.29 is 22.7 Å². The van der Waals surface area contributed by atoms with Crippen molar-refractivity contribution >= 4 is 22.0 Å². The van der Waals surface area contributed by atoms with Crippen LogP contribution in [0.1, 0.15) is 40.0 Å². The Morgan fingerprint density at radius 2 is 1.91 bits per heavy atom. The van der Waals surface area contributed by atoms with Crippen molar-refractivity contribution in [2.24, 2.45) is 5.92 Å². The van der Waals surface area contributed by atoms with Crippen molar-refractivity contribution in [2.75, 3.05) is 0 Å². The van der Waals surface area contributed by atoms with Crippen molar-refractivity contribution in [3.63, 3.8) is 0 Å². The molecule has 2 saturated carbocycles. The Morgan fingerprint density at radius 1 is 1.32 bits per heavy atom. The molecule has 2 aliphatic rings. The molecular weight excluding hydrogens is 308 g/mol. The zero-order valence-corrected chi connectivity index (χ0v) is 13.8. The maximum atomic E-state index is 12.3. The van der Waals surface area contributed by atoms with E-state index >= 15 is 0 Å². The number of alkyl carbamates (subject to hydrolysis) is 1. The fourth-order valence-corrected chi connectivity index (χ4v) is 3.57. The van der Waals surface area contributed by atoms with E-state index in [2.05, 4.69) is 16.6 Å². The second kappa shape index (κ2) is 5.26. The SMILES string of the molecule is C=CC1C[C@]1(NC(=O)OC(C)(C)C)C(=O)NS(=O)(=O)C1CC1. The average molecular weight is 330 g/mol. The Hall–Kier alpha value is -1.57. The van der Waals surface area contributed by atoms with Crippen molar-refractivity contribution in [3.8, 4) is 0 Å². The van der Waals surface area contributed by atoms with Gasteiger partial charge in [-0.15, -0.1) is 6.58 Å². The molecule has 124 valence electrons. The first-order valence-electron chi connectivity index (χ1n) is 7.20. The van der Waals surface area contributed by atoms with Gasteiger partial charge in [0.05, 0.1) is 5.25 Å². The van der Waals surface area contributed by atoms with Crippen LogP contribution in [0, 0.1) is 5.92 Å². The van der Waals surface area contributed by atoms with Gasteiger partial charge in [-0.3, -0.25) is 9.52 Å². The van der Waals surface area contributed by atoms with Crippen LogP contribution in [-0.4, -0.2) is 36.8 Å². The quantitative estimate of drug-likeness (QED) is 0.734. The third-order valence-corrected chi connectivity index (χ3v) is 5.45. The summed E-state index contributed by atoms with van der Waals surface area (Å²) >= 11 is 0. The smallest absolute Gasteiger partial charge is 0.408 e. The molecule has 2 atom stereocenters. The van der Waals surface area contributed by atoms with E-state index in [-0.39, 0.29) is 5.92 Å². The molecule has 0 aromatic carbocycles. The van der Waals surface area contributed by atoms with E-state index in [0.717, 1.165) is 0 Å². The first-order chi connectivity index (χ1) is 10.00. The number of carbonyl (C=O) groups is 2. The molecule has 2 amide bonds. The number of nitrogens with one attached hydrogen (secondary N) is 2. The van der Waals surface area contributed by atoms with Gasteiger partial charge < -0.3 is 10.1 Å². The third kappa shape index (κ3) is 3.60. The first-order valence-corrected chi connectivity index (χ1v) is 8.74. The van der Waals surface area contributed by atoms with E-state index < -0.39 is 38.4 Å². The van der Waals surface area contributed by atoms with Crippen LogP contribution in [-0.2, 0) is 19.6 Å². The molecule has 8 heteroatoms. The van der Waals surface area contributed by atoms with E-state index in [4.69, 9.17) is 4.74 Å². The van der Waals surface area contributed by atoms with Gasteiger partial charge in [0, 0.05) is 5.92 Å². The number of hydrogen-bond donors (Lipinski definition) is 2. The molecule has 0 spiro atoms. The number of sulfonamides is 1. The van der Waals surface area contributed by atoms with E-state index in [1.807, 2.05) is 0 Å². The average Bonchev–Trinajstić information content (AvgIpc) is 3.20. The lowest BCUT2D eigenvalue weighted by molar-refractivity contribution is -0.122. The molecule has 1 unspecified atom stereocenters. The topological polar surface area (TPSA) is 102 Å². The molecule has 0 saturated heterocycles. The summed E-state index contributed by atoms with van der Waals surface area (Å²) in [5.41, 5.74) is -1.99. The van der Waals surface area contributed by atoms with Crippen LogP contribution in [0.3, 0.4) is 0 Å². The maximum Gasteiger partial charge on any atom is 0.408 e. The first kappa shape index (κ1) is 16.8. The summed E-state index contributed by atoms with van der Waals surface area (Å²) in [5.74, 6) is -1.04. The summed E-state index contributed by atoms with van der Waals surface area (Å²) in [6, 6.07) is 0. The molecule has 0 heterocycles. The Labute approximate surface area is 130 Å². The molecule has 0 aromatic rings. The molecular formula is C14H22N2O5S. The van der Waals surface area contributed by atoms with Crippen LogP contribution in [0.4, 0.5) is 4.79 Å². The fraction of sp³-hybridized carbons (Fsp3) is 0.714. The highest BCUT2D eigenvalue weighted by Gasteiger charge is 2.61. The molecule has 0 bridgehead atoms. The van der Waals surface area contributed by atoms with E-state index in [1.165, 1.54) is 6.08 Å². The van der Waals surface area contributed by atoms with Crippen LogP contribution in [0.2, 0.25) is 0 Å². The normalized spacial score (nSPS) is 27.7. The van der Waals surface area contributed by atoms with Crippen molar-refractivity contribution in [3.05, 3.63) is 12.7 Å². The van der Waals surface area contributed by atoms with Crippen molar-refractivity contribution in [2.45, 2.75) is 56.4 Å². The number of hydrogen-bond acceptors (Lipinski definition) is 5. The van der Waals surface area contributed by atoms with Crippen LogP contribution in [0.5, 0.6) is 0 Å². The van der Waals surface area contributed by atoms with Gasteiger partial charge in [-0.05, 0) is 40.0 Å². The van der Waals surface area contributed by atoms with Gasteiger partial charge >= 0.3 is 6.09 Å². The van der Waals surface area contributed by atoms with Gasteiger partial charge in [-0.1, -0.05) is 6.08 Å². The number of ether oxygens (including phenoxy) is 1. The predicted octanol–water partition coefficient (Wildman–Crippen LogP) is 1.06. The molecule has 7 nitrogen and oxygen atoms in total. The third-order valence-electron chi connectivity index (χ3n) is 3.63. The lowest BCUT2D eigenvalue weighted by atomic mass is 10.2. The van der Waals surface area contributed by atoms with Crippen LogP contribution >= 0.6 is 0 Å². The highest BCUT2D eigenvalue weighted by Crippen LogP contribution is 2.45. The Bertz CT molecular complexity index is 603. The van der Waals surface area contributed by atoms with Gasteiger partial charge in [-0.25, -0.2) is 13.2 Å². The predicted molar refractivity (Wildman–Crippen MR) is 80.5 cm³/mol. The largest absolute Gasteiger partial charge is 0.444 e. The maximum absolute atomic E-state index is 12.3. The number of amides is 2. The second-order valence-electron chi connectivity index (χ2n) is 6.82. The van der Waals surface area contributed by atoms with Crippen LogP contribution in [0.15, 0.2) is 12.7 Å². The zero-order valence-electron chi connectivity index (χ0n) is 13.0. The number of rotatable bonds is 5. The van der Waals surface area contributed by atoms with Gasteiger partial charge in [0.25, 0.3) is 5.91 Å². The zero-order chi connectivity index (χ0) is 16.8. The standard InChI is InChI=1S/C14H22N2O5S/c1-5-9-8-14(9,15-12(18)21-13(2,3)4)11(17)16-22(19,20)10-6-7-10/h5,9-10H,1,6-8H2,2-4H3,(H,15,18)(H,16,17)/t9?,14-/m1/s1. The van der Waals surface area contributed by atoms with Gasteiger partial charge in [-0.2, -0.15) is 0 Å². The summed E-state index contributed by atoms with van der Waals surface area (Å²) in [4.78, 5) is 24.2. The summed E-state index contributed by atoms with van der Waals surface area (Å²) < 4.78 is 31.0. The molecule has 22 heavy (non-hydrogen) atoms. The van der Waals surface area contributed by atoms with Gasteiger partial charge in [0.15, 0.2) is 0 Å². The highest BCUT2D eigenvalue weighted by molar-refractivity contribution is 7.90. The molecule has 0 radical (unpaired) electrons. The highest BCUT2D eigenvalue weighted by atomic mass is 32.2. The molecule has 2 fully saturated rings. The minimum Gasteiger partial charge on any atom is -0.444 e. The Kier molecular flexibility index (Phi) is 4.01.